The van der Waals surface area contributed by atoms with Gasteiger partial charge in [-0.2, -0.15) is 5.26 Å². The monoisotopic (exact) mass is 226 g/mol. The predicted molar refractivity (Wildman–Crippen MR) is 67.2 cm³/mol. The van der Waals surface area contributed by atoms with Crippen molar-refractivity contribution in [3.8, 4) is 6.07 Å². The summed E-state index contributed by atoms with van der Waals surface area (Å²) in [5.74, 6) is 0. The van der Waals surface area contributed by atoms with Gasteiger partial charge in [0, 0.05) is 19.1 Å². The summed E-state index contributed by atoms with van der Waals surface area (Å²) in [5.41, 5.74) is -0.486. The van der Waals surface area contributed by atoms with Crippen LogP contribution < -0.4 is 5.32 Å². The molecule has 0 radical (unpaired) electrons. The molecule has 0 spiro atoms. The topological polar surface area (TPSA) is 45.0 Å². The van der Waals surface area contributed by atoms with Gasteiger partial charge in [-0.25, -0.2) is 0 Å². The van der Waals surface area contributed by atoms with E-state index >= 15 is 0 Å². The molecule has 0 saturated carbocycles. The van der Waals surface area contributed by atoms with Gasteiger partial charge in [-0.05, 0) is 34.1 Å². The smallest absolute Gasteiger partial charge is 0.106 e. The van der Waals surface area contributed by atoms with Crippen molar-refractivity contribution < 1.29 is 4.74 Å². The number of nitriles is 1. The lowest BCUT2D eigenvalue weighted by Crippen LogP contribution is -2.47. The van der Waals surface area contributed by atoms with E-state index in [0.717, 1.165) is 25.9 Å². The summed E-state index contributed by atoms with van der Waals surface area (Å²) >= 11 is 0. The van der Waals surface area contributed by atoms with Crippen LogP contribution in [0.3, 0.4) is 0 Å². The molecule has 0 saturated heterocycles. The van der Waals surface area contributed by atoms with E-state index in [0.29, 0.717) is 6.04 Å². The molecule has 94 valence electrons. The van der Waals surface area contributed by atoms with Crippen LogP contribution in [0.15, 0.2) is 0 Å². The van der Waals surface area contributed by atoms with E-state index in [1.807, 2.05) is 13.8 Å². The van der Waals surface area contributed by atoms with Crippen molar-refractivity contribution in [3.63, 3.8) is 0 Å². The Bertz CT molecular complexity index is 222. The molecule has 0 aliphatic rings. The Morgan fingerprint density at radius 2 is 2.00 bits per heavy atom. The van der Waals surface area contributed by atoms with E-state index in [1.54, 1.807) is 0 Å². The first-order chi connectivity index (χ1) is 7.43. The summed E-state index contributed by atoms with van der Waals surface area (Å²) in [6, 6.07) is 2.65. The molecule has 0 aromatic rings. The Hall–Kier alpha value is -0.590. The van der Waals surface area contributed by atoms with Gasteiger partial charge in [0.2, 0.25) is 0 Å². The number of hydrogen-bond acceptors (Lipinski definition) is 3. The van der Waals surface area contributed by atoms with Crippen molar-refractivity contribution in [3.05, 3.63) is 0 Å². The molecule has 0 amide bonds. The first kappa shape index (κ1) is 15.4. The van der Waals surface area contributed by atoms with E-state index < -0.39 is 5.54 Å². The second-order valence-corrected chi connectivity index (χ2v) is 4.98. The third kappa shape index (κ3) is 6.81. The predicted octanol–water partition coefficient (Wildman–Crippen LogP) is 2.86. The lowest BCUT2D eigenvalue weighted by molar-refractivity contribution is 0.0450. The average molecular weight is 226 g/mol. The molecule has 0 bridgehead atoms. The van der Waals surface area contributed by atoms with Crippen molar-refractivity contribution in [2.75, 3.05) is 6.61 Å². The van der Waals surface area contributed by atoms with Gasteiger partial charge in [-0.3, -0.25) is 5.32 Å². The second-order valence-electron chi connectivity index (χ2n) is 4.98. The number of unbranched alkanes of at least 4 members (excludes halogenated alkanes) is 1. The zero-order valence-corrected chi connectivity index (χ0v) is 11.3. The molecule has 3 nitrogen and oxygen atoms in total. The summed E-state index contributed by atoms with van der Waals surface area (Å²) in [6.07, 6.45) is 3.09. The Morgan fingerprint density at radius 1 is 1.38 bits per heavy atom. The summed E-state index contributed by atoms with van der Waals surface area (Å²) in [7, 11) is 0. The minimum Gasteiger partial charge on any atom is -0.378 e. The second kappa shape index (κ2) is 7.65. The summed E-state index contributed by atoms with van der Waals surface area (Å²) in [6.45, 7) is 11.0. The van der Waals surface area contributed by atoms with Gasteiger partial charge in [0.1, 0.15) is 5.54 Å². The van der Waals surface area contributed by atoms with E-state index in [4.69, 9.17) is 4.74 Å². The summed E-state index contributed by atoms with van der Waals surface area (Å²) < 4.78 is 5.67. The Morgan fingerprint density at radius 3 is 2.44 bits per heavy atom. The third-order valence-electron chi connectivity index (χ3n) is 2.45. The molecule has 16 heavy (non-hydrogen) atoms. The molecular formula is C13H26N2O. The molecule has 0 aliphatic heterocycles. The van der Waals surface area contributed by atoms with Crippen molar-refractivity contribution in [1.82, 2.24) is 5.32 Å². The summed E-state index contributed by atoms with van der Waals surface area (Å²) in [4.78, 5) is 0. The van der Waals surface area contributed by atoms with E-state index in [2.05, 4.69) is 32.2 Å². The van der Waals surface area contributed by atoms with Crippen LogP contribution in [0, 0.1) is 11.3 Å². The Labute approximate surface area is 100 Å². The van der Waals surface area contributed by atoms with Crippen molar-refractivity contribution >= 4 is 0 Å². The van der Waals surface area contributed by atoms with Gasteiger partial charge in [-0.1, -0.05) is 13.3 Å². The maximum Gasteiger partial charge on any atom is 0.106 e. The highest BCUT2D eigenvalue weighted by Crippen LogP contribution is 2.15. The standard InChI is InChI=1S/C13H26N2O/c1-6-7-8-16-12(4)9-13(5,10-14)15-11(2)3/h11-12,15H,6-9H2,1-5H3. The molecular weight excluding hydrogens is 200 g/mol. The van der Waals surface area contributed by atoms with Gasteiger partial charge < -0.3 is 4.74 Å². The maximum absolute atomic E-state index is 9.19. The highest BCUT2D eigenvalue weighted by atomic mass is 16.5. The normalized spacial score (nSPS) is 16.8. The van der Waals surface area contributed by atoms with Crippen LogP contribution in [0.2, 0.25) is 0 Å². The van der Waals surface area contributed by atoms with Gasteiger partial charge in [-0.15, -0.1) is 0 Å². The van der Waals surface area contributed by atoms with Crippen LogP contribution in [0.25, 0.3) is 0 Å². The Balaban J connectivity index is 4.05. The van der Waals surface area contributed by atoms with Gasteiger partial charge in [0.15, 0.2) is 0 Å². The minimum absolute atomic E-state index is 0.127. The van der Waals surface area contributed by atoms with E-state index in [-0.39, 0.29) is 6.10 Å². The molecule has 3 heteroatoms. The largest absolute Gasteiger partial charge is 0.378 e. The fraction of sp³-hybridized carbons (Fsp3) is 0.923. The molecule has 2 atom stereocenters. The fourth-order valence-corrected chi connectivity index (χ4v) is 1.84. The molecule has 0 heterocycles. The number of nitrogens with zero attached hydrogens (tertiary/aromatic N) is 1. The van der Waals surface area contributed by atoms with Crippen LogP contribution in [0.5, 0.6) is 0 Å². The highest BCUT2D eigenvalue weighted by Gasteiger charge is 2.27. The van der Waals surface area contributed by atoms with Crippen LogP contribution in [-0.2, 0) is 4.74 Å². The lowest BCUT2D eigenvalue weighted by Gasteiger charge is -2.28. The number of rotatable bonds is 8. The molecule has 0 aromatic carbocycles. The minimum atomic E-state index is -0.486. The molecule has 0 aromatic heterocycles. The lowest BCUT2D eigenvalue weighted by atomic mass is 9.95. The molecule has 0 fully saturated rings. The van der Waals surface area contributed by atoms with Gasteiger partial charge in [0.05, 0.1) is 12.2 Å². The van der Waals surface area contributed by atoms with Crippen LogP contribution in [0.4, 0.5) is 0 Å². The number of nitrogens with one attached hydrogen (secondary N) is 1. The third-order valence-corrected chi connectivity index (χ3v) is 2.45. The van der Waals surface area contributed by atoms with E-state index in [9.17, 15) is 5.26 Å². The van der Waals surface area contributed by atoms with E-state index in [1.165, 1.54) is 0 Å². The first-order valence-electron chi connectivity index (χ1n) is 6.24. The van der Waals surface area contributed by atoms with Crippen molar-refractivity contribution in [2.24, 2.45) is 0 Å². The highest BCUT2D eigenvalue weighted by molar-refractivity contribution is 5.05. The van der Waals surface area contributed by atoms with Crippen LogP contribution in [0.1, 0.15) is 53.9 Å². The first-order valence-corrected chi connectivity index (χ1v) is 6.24. The average Bonchev–Trinajstić information content (AvgIpc) is 2.16. The van der Waals surface area contributed by atoms with Crippen LogP contribution >= 0.6 is 0 Å². The quantitative estimate of drug-likeness (QED) is 0.647. The number of hydrogen-bond donors (Lipinski definition) is 1. The Kier molecular flexibility index (Phi) is 7.36. The van der Waals surface area contributed by atoms with Crippen LogP contribution in [-0.4, -0.2) is 24.3 Å². The van der Waals surface area contributed by atoms with Crippen molar-refractivity contribution in [2.45, 2.75) is 71.6 Å². The van der Waals surface area contributed by atoms with Gasteiger partial charge >= 0.3 is 0 Å². The molecule has 0 aliphatic carbocycles. The zero-order chi connectivity index (χ0) is 12.6. The molecule has 1 N–H and O–H groups in total. The number of ether oxygens (including phenoxy) is 1. The fourth-order valence-electron chi connectivity index (χ4n) is 1.84. The molecule has 2 unspecified atom stereocenters. The zero-order valence-electron chi connectivity index (χ0n) is 11.3. The molecule has 0 rings (SSSR count). The van der Waals surface area contributed by atoms with Gasteiger partial charge in [0.25, 0.3) is 0 Å². The van der Waals surface area contributed by atoms with Crippen molar-refractivity contribution in [1.29, 1.82) is 5.26 Å². The SMILES string of the molecule is CCCCOC(C)CC(C)(C#N)NC(C)C. The summed E-state index contributed by atoms with van der Waals surface area (Å²) in [5, 5.41) is 12.5. The maximum atomic E-state index is 9.19.